The lowest BCUT2D eigenvalue weighted by Crippen LogP contribution is -2.24. The van der Waals surface area contributed by atoms with Crippen molar-refractivity contribution in [3.05, 3.63) is 106 Å². The highest BCUT2D eigenvalue weighted by atomic mass is 35.5. The van der Waals surface area contributed by atoms with Crippen molar-refractivity contribution in [1.82, 2.24) is 5.32 Å². The minimum Gasteiger partial charge on any atom is -0.507 e. The summed E-state index contributed by atoms with van der Waals surface area (Å²) >= 11 is 12.4. The Morgan fingerprint density at radius 2 is 1.37 bits per heavy atom. The fourth-order valence-corrected chi connectivity index (χ4v) is 4.98. The molecule has 0 fully saturated rings. The molecule has 0 spiro atoms. The fourth-order valence-electron chi connectivity index (χ4n) is 4.60. The third-order valence-corrected chi connectivity index (χ3v) is 7.20. The lowest BCUT2D eigenvalue weighted by molar-refractivity contribution is 0.0953. The van der Waals surface area contributed by atoms with Crippen LogP contribution in [0.25, 0.3) is 22.3 Å². The molecule has 0 saturated heterocycles. The van der Waals surface area contributed by atoms with E-state index in [0.717, 1.165) is 44.3 Å². The lowest BCUT2D eigenvalue weighted by atomic mass is 9.94. The van der Waals surface area contributed by atoms with E-state index in [4.69, 9.17) is 33.2 Å². The Morgan fingerprint density at radius 1 is 0.780 bits per heavy atom. The number of phenolic OH excluding ortho intramolecular Hbond substituents is 1. The third-order valence-electron chi connectivity index (χ3n) is 6.73. The first-order chi connectivity index (χ1) is 19.9. The molecule has 0 aliphatic carbocycles. The lowest BCUT2D eigenvalue weighted by Gasteiger charge is -2.14. The second-order valence-corrected chi connectivity index (χ2v) is 10.7. The van der Waals surface area contributed by atoms with Gasteiger partial charge >= 0.3 is 0 Å². The summed E-state index contributed by atoms with van der Waals surface area (Å²) in [6.07, 6.45) is 6.09. The van der Waals surface area contributed by atoms with Crippen LogP contribution >= 0.6 is 23.2 Å². The molecule has 0 bridgehead atoms. The number of rotatable bonds is 13. The highest BCUT2D eigenvalue weighted by Gasteiger charge is 2.17. The number of nitrogens with zero attached hydrogens (tertiary/aromatic N) is 1. The second-order valence-electron chi connectivity index (χ2n) is 9.81. The zero-order valence-electron chi connectivity index (χ0n) is 22.7. The van der Waals surface area contributed by atoms with Gasteiger partial charge in [-0.15, -0.1) is 0 Å². The second kappa shape index (κ2) is 15.1. The van der Waals surface area contributed by atoms with Crippen LogP contribution in [0.4, 0.5) is 0 Å². The van der Waals surface area contributed by atoms with Crippen molar-refractivity contribution in [3.63, 3.8) is 0 Å². The van der Waals surface area contributed by atoms with Crippen LogP contribution in [0.1, 0.15) is 54.4 Å². The van der Waals surface area contributed by atoms with Crippen LogP contribution in [0.5, 0.6) is 11.5 Å². The van der Waals surface area contributed by atoms with E-state index in [1.807, 2.05) is 36.4 Å². The Kier molecular flexibility index (Phi) is 11.1. The maximum atomic E-state index is 13.1. The van der Waals surface area contributed by atoms with Crippen molar-refractivity contribution in [1.29, 1.82) is 5.26 Å². The molecule has 0 aromatic heterocycles. The van der Waals surface area contributed by atoms with Crippen molar-refractivity contribution in [2.45, 2.75) is 38.5 Å². The van der Waals surface area contributed by atoms with Crippen molar-refractivity contribution in [2.75, 3.05) is 13.2 Å². The number of nitrogens with one attached hydrogen (secondary N) is 1. The van der Waals surface area contributed by atoms with Gasteiger partial charge < -0.3 is 15.2 Å². The SMILES string of the molecule is N#Cc1cccc(OCCCCCCCCNC(=O)c2cc(-c3cccc(Cl)c3)c(O)c(-c3cccc(Cl)c3)c2)c1. The molecular weight excluding hydrogens is 555 g/mol. The summed E-state index contributed by atoms with van der Waals surface area (Å²) < 4.78 is 5.73. The van der Waals surface area contributed by atoms with E-state index in [2.05, 4.69) is 11.4 Å². The van der Waals surface area contributed by atoms with Gasteiger partial charge in [0.2, 0.25) is 0 Å². The Hall–Kier alpha value is -3.98. The summed E-state index contributed by atoms with van der Waals surface area (Å²) in [6, 6.07) is 27.1. The first-order valence-electron chi connectivity index (χ1n) is 13.7. The molecule has 0 heterocycles. The Labute approximate surface area is 251 Å². The van der Waals surface area contributed by atoms with Gasteiger partial charge in [0.25, 0.3) is 5.91 Å². The van der Waals surface area contributed by atoms with Crippen LogP contribution in [0, 0.1) is 11.3 Å². The van der Waals surface area contributed by atoms with E-state index in [0.29, 0.717) is 56.6 Å². The van der Waals surface area contributed by atoms with E-state index in [9.17, 15) is 9.90 Å². The molecule has 0 unspecified atom stereocenters. The Balaban J connectivity index is 1.28. The number of benzene rings is 4. The van der Waals surface area contributed by atoms with Gasteiger partial charge in [0.1, 0.15) is 11.5 Å². The largest absolute Gasteiger partial charge is 0.507 e. The Bertz CT molecular complexity index is 1460. The summed E-state index contributed by atoms with van der Waals surface area (Å²) in [5.41, 5.74) is 3.54. The smallest absolute Gasteiger partial charge is 0.251 e. The molecule has 4 aromatic carbocycles. The maximum Gasteiger partial charge on any atom is 0.251 e. The minimum absolute atomic E-state index is 0.0622. The summed E-state index contributed by atoms with van der Waals surface area (Å²) in [5.74, 6) is 0.592. The van der Waals surface area contributed by atoms with Crippen LogP contribution in [0.3, 0.4) is 0 Å². The number of amides is 1. The van der Waals surface area contributed by atoms with Gasteiger partial charge in [-0.2, -0.15) is 5.26 Å². The fraction of sp³-hybridized carbons (Fsp3) is 0.235. The first-order valence-corrected chi connectivity index (χ1v) is 14.5. The van der Waals surface area contributed by atoms with E-state index < -0.39 is 0 Å². The molecule has 7 heteroatoms. The predicted molar refractivity (Wildman–Crippen MR) is 166 cm³/mol. The number of carbonyl (C=O) groups is 1. The van der Waals surface area contributed by atoms with Crippen LogP contribution in [-0.4, -0.2) is 24.2 Å². The zero-order chi connectivity index (χ0) is 29.0. The van der Waals surface area contributed by atoms with Crippen molar-refractivity contribution >= 4 is 29.1 Å². The molecule has 2 N–H and O–H groups in total. The molecule has 1 amide bonds. The van der Waals surface area contributed by atoms with Crippen LogP contribution in [-0.2, 0) is 0 Å². The van der Waals surface area contributed by atoms with Crippen molar-refractivity contribution < 1.29 is 14.6 Å². The zero-order valence-corrected chi connectivity index (χ0v) is 24.2. The Morgan fingerprint density at radius 3 is 1.98 bits per heavy atom. The predicted octanol–water partition coefficient (Wildman–Crippen LogP) is 9.05. The van der Waals surface area contributed by atoms with Crippen LogP contribution in [0.15, 0.2) is 84.9 Å². The van der Waals surface area contributed by atoms with Gasteiger partial charge in [-0.25, -0.2) is 0 Å². The molecule has 41 heavy (non-hydrogen) atoms. The number of hydrogen-bond donors (Lipinski definition) is 2. The maximum absolute atomic E-state index is 13.1. The monoisotopic (exact) mass is 586 g/mol. The van der Waals surface area contributed by atoms with E-state index in [1.54, 1.807) is 48.5 Å². The molecular formula is C34H32Cl2N2O3. The van der Waals surface area contributed by atoms with Gasteiger partial charge in [0.05, 0.1) is 18.2 Å². The standard InChI is InChI=1S/C34H32Cl2N2O3/c35-28-13-8-11-25(19-28)31-21-27(22-32(33(31)39)26-12-9-14-29(36)20-26)34(40)38-16-5-3-1-2-4-6-17-41-30-15-7-10-24(18-30)23-37/h7-15,18-22,39H,1-6,16-17H2,(H,38,40). The number of nitriles is 1. The van der Waals surface area contributed by atoms with Crippen LogP contribution < -0.4 is 10.1 Å². The molecule has 0 radical (unpaired) electrons. The summed E-state index contributed by atoms with van der Waals surface area (Å²) in [6.45, 7) is 1.20. The third kappa shape index (κ3) is 8.75. The quantitative estimate of drug-likeness (QED) is 0.153. The van der Waals surface area contributed by atoms with E-state index in [1.165, 1.54) is 0 Å². The number of halogens is 2. The minimum atomic E-state index is -0.200. The molecule has 0 aliphatic rings. The van der Waals surface area contributed by atoms with Gasteiger partial charge in [-0.3, -0.25) is 4.79 Å². The average Bonchev–Trinajstić information content (AvgIpc) is 2.98. The molecule has 0 saturated carbocycles. The van der Waals surface area contributed by atoms with Crippen molar-refractivity contribution in [2.24, 2.45) is 0 Å². The summed E-state index contributed by atoms with van der Waals surface area (Å²) in [4.78, 5) is 13.1. The number of unbranched alkanes of at least 4 members (excludes halogenated alkanes) is 5. The average molecular weight is 588 g/mol. The highest BCUT2D eigenvalue weighted by Crippen LogP contribution is 2.40. The van der Waals surface area contributed by atoms with Gasteiger partial charge in [0, 0.05) is 33.3 Å². The summed E-state index contributed by atoms with van der Waals surface area (Å²) in [5, 5.41) is 24.2. The molecule has 210 valence electrons. The van der Waals surface area contributed by atoms with E-state index >= 15 is 0 Å². The van der Waals surface area contributed by atoms with E-state index in [-0.39, 0.29) is 11.7 Å². The van der Waals surface area contributed by atoms with Gasteiger partial charge in [0.15, 0.2) is 0 Å². The molecule has 4 rings (SSSR count). The topological polar surface area (TPSA) is 82.3 Å². The van der Waals surface area contributed by atoms with Crippen molar-refractivity contribution in [3.8, 4) is 39.8 Å². The number of aromatic hydroxyl groups is 1. The molecule has 0 aliphatic heterocycles. The van der Waals surface area contributed by atoms with Gasteiger partial charge in [-0.1, -0.05) is 79.2 Å². The van der Waals surface area contributed by atoms with Gasteiger partial charge in [-0.05, 0) is 78.6 Å². The normalized spacial score (nSPS) is 10.7. The number of phenols is 1. The van der Waals surface area contributed by atoms with Crippen LogP contribution in [0.2, 0.25) is 10.0 Å². The number of carbonyl (C=O) groups excluding carboxylic acids is 1. The number of hydrogen-bond acceptors (Lipinski definition) is 4. The first kappa shape index (κ1) is 30.0. The summed E-state index contributed by atoms with van der Waals surface area (Å²) in [7, 11) is 0. The molecule has 4 aromatic rings. The number of ether oxygens (including phenoxy) is 1. The molecule has 5 nitrogen and oxygen atoms in total. The highest BCUT2D eigenvalue weighted by molar-refractivity contribution is 6.31. The molecule has 0 atom stereocenters.